The van der Waals surface area contributed by atoms with Crippen molar-refractivity contribution in [3.05, 3.63) is 23.8 Å². The molecular formula is C17H24N4O3. The van der Waals surface area contributed by atoms with Crippen LogP contribution in [-0.4, -0.2) is 49.7 Å². The molecule has 1 aromatic carbocycles. The normalized spacial score (nSPS) is 16.4. The molecule has 2 N–H and O–H groups in total. The summed E-state index contributed by atoms with van der Waals surface area (Å²) in [6.45, 7) is 5.52. The number of benzene rings is 1. The highest BCUT2D eigenvalue weighted by atomic mass is 16.7. The second-order valence-electron chi connectivity index (χ2n) is 5.82. The predicted octanol–water partition coefficient (Wildman–Crippen LogP) is 1.09. The van der Waals surface area contributed by atoms with E-state index in [-0.39, 0.29) is 19.2 Å². The molecule has 0 radical (unpaired) electrons. The van der Waals surface area contributed by atoms with Crippen molar-refractivity contribution in [2.75, 3.05) is 33.0 Å². The molecular weight excluding hydrogens is 308 g/mol. The Balaban J connectivity index is 1.55. The first-order valence-electron chi connectivity index (χ1n) is 8.44. The van der Waals surface area contributed by atoms with Crippen LogP contribution in [-0.2, 0) is 11.3 Å². The monoisotopic (exact) mass is 332 g/mol. The van der Waals surface area contributed by atoms with E-state index < -0.39 is 0 Å². The topological polar surface area (TPSA) is 75.2 Å². The van der Waals surface area contributed by atoms with Gasteiger partial charge >= 0.3 is 0 Å². The van der Waals surface area contributed by atoms with Crippen molar-refractivity contribution < 1.29 is 14.3 Å². The summed E-state index contributed by atoms with van der Waals surface area (Å²) in [4.78, 5) is 18.5. The molecule has 1 saturated heterocycles. The number of hydrogen-bond donors (Lipinski definition) is 2. The number of nitrogens with zero attached hydrogens (tertiary/aromatic N) is 2. The zero-order valence-corrected chi connectivity index (χ0v) is 14.0. The van der Waals surface area contributed by atoms with E-state index in [1.54, 1.807) is 0 Å². The number of hydrogen-bond acceptors (Lipinski definition) is 4. The highest BCUT2D eigenvalue weighted by Gasteiger charge is 2.17. The molecule has 1 aromatic rings. The van der Waals surface area contributed by atoms with Gasteiger partial charge in [0.05, 0.1) is 13.1 Å². The Bertz CT molecular complexity index is 612. The maximum atomic E-state index is 12.1. The van der Waals surface area contributed by atoms with Gasteiger partial charge in [-0.15, -0.1) is 0 Å². The van der Waals surface area contributed by atoms with Crippen LogP contribution < -0.4 is 20.1 Å². The minimum Gasteiger partial charge on any atom is -0.454 e. The van der Waals surface area contributed by atoms with E-state index in [0.717, 1.165) is 49.5 Å². The number of likely N-dealkylation sites (tertiary alicyclic amines) is 1. The summed E-state index contributed by atoms with van der Waals surface area (Å²) in [5.74, 6) is 2.29. The fourth-order valence-electron chi connectivity index (χ4n) is 2.79. The van der Waals surface area contributed by atoms with Crippen molar-refractivity contribution in [3.63, 3.8) is 0 Å². The van der Waals surface area contributed by atoms with Crippen LogP contribution in [0, 0.1) is 0 Å². The van der Waals surface area contributed by atoms with Crippen molar-refractivity contribution in [1.82, 2.24) is 15.5 Å². The molecule has 2 aliphatic rings. The van der Waals surface area contributed by atoms with Gasteiger partial charge in [0.2, 0.25) is 12.7 Å². The number of ether oxygens (including phenoxy) is 2. The Morgan fingerprint density at radius 2 is 2.00 bits per heavy atom. The van der Waals surface area contributed by atoms with Gasteiger partial charge in [-0.05, 0) is 37.5 Å². The smallest absolute Gasteiger partial charge is 0.241 e. The molecule has 2 heterocycles. The number of carbonyl (C=O) groups excluding carboxylic acids is 1. The molecule has 7 nitrogen and oxygen atoms in total. The lowest BCUT2D eigenvalue weighted by Crippen LogP contribution is -2.44. The maximum Gasteiger partial charge on any atom is 0.241 e. The van der Waals surface area contributed by atoms with Crippen LogP contribution in [0.1, 0.15) is 25.3 Å². The van der Waals surface area contributed by atoms with Crippen LogP contribution in [0.2, 0.25) is 0 Å². The second-order valence-corrected chi connectivity index (χ2v) is 5.82. The Morgan fingerprint density at radius 3 is 2.79 bits per heavy atom. The van der Waals surface area contributed by atoms with Crippen molar-refractivity contribution in [2.24, 2.45) is 4.99 Å². The highest BCUT2D eigenvalue weighted by molar-refractivity contribution is 5.86. The number of carbonyl (C=O) groups is 1. The van der Waals surface area contributed by atoms with Gasteiger partial charge in [-0.1, -0.05) is 6.07 Å². The van der Waals surface area contributed by atoms with E-state index >= 15 is 0 Å². The zero-order valence-electron chi connectivity index (χ0n) is 14.0. The third-order valence-electron chi connectivity index (χ3n) is 4.07. The minimum atomic E-state index is 0.126. The Hall–Kier alpha value is -2.44. The summed E-state index contributed by atoms with van der Waals surface area (Å²) in [6, 6.07) is 5.80. The van der Waals surface area contributed by atoms with Gasteiger partial charge in [0, 0.05) is 19.6 Å². The molecule has 0 aliphatic carbocycles. The summed E-state index contributed by atoms with van der Waals surface area (Å²) in [7, 11) is 0. The van der Waals surface area contributed by atoms with Gasteiger partial charge in [-0.3, -0.25) is 4.79 Å². The lowest BCUT2D eigenvalue weighted by Gasteiger charge is -2.17. The second kappa shape index (κ2) is 7.90. The number of nitrogens with one attached hydrogen (secondary N) is 2. The minimum absolute atomic E-state index is 0.126. The lowest BCUT2D eigenvalue weighted by atomic mass is 10.2. The van der Waals surface area contributed by atoms with Crippen LogP contribution in [0.15, 0.2) is 23.2 Å². The van der Waals surface area contributed by atoms with Gasteiger partial charge in [0.25, 0.3) is 0 Å². The first-order valence-corrected chi connectivity index (χ1v) is 8.44. The SMILES string of the molecule is CCNC(=NCc1ccc2c(c1)OCO2)NCC(=O)N1CCCC1. The highest BCUT2D eigenvalue weighted by Crippen LogP contribution is 2.32. The van der Waals surface area contributed by atoms with E-state index in [4.69, 9.17) is 9.47 Å². The van der Waals surface area contributed by atoms with Gasteiger partial charge < -0.3 is 25.0 Å². The molecule has 0 bridgehead atoms. The molecule has 0 unspecified atom stereocenters. The van der Waals surface area contributed by atoms with Crippen LogP contribution in [0.4, 0.5) is 0 Å². The van der Waals surface area contributed by atoms with E-state index in [0.29, 0.717) is 12.5 Å². The molecule has 1 amide bonds. The lowest BCUT2D eigenvalue weighted by molar-refractivity contribution is -0.128. The first kappa shape index (κ1) is 16.4. The van der Waals surface area contributed by atoms with Crippen LogP contribution in [0.5, 0.6) is 11.5 Å². The van der Waals surface area contributed by atoms with Crippen LogP contribution in [0.3, 0.4) is 0 Å². The summed E-state index contributed by atoms with van der Waals surface area (Å²) in [5, 5.41) is 6.27. The summed E-state index contributed by atoms with van der Waals surface area (Å²) in [5.41, 5.74) is 1.03. The maximum absolute atomic E-state index is 12.1. The molecule has 7 heteroatoms. The van der Waals surface area contributed by atoms with E-state index in [1.165, 1.54) is 0 Å². The quantitative estimate of drug-likeness (QED) is 0.624. The van der Waals surface area contributed by atoms with Gasteiger partial charge in [-0.25, -0.2) is 4.99 Å². The van der Waals surface area contributed by atoms with Crippen molar-refractivity contribution in [2.45, 2.75) is 26.3 Å². The largest absolute Gasteiger partial charge is 0.454 e. The number of rotatable bonds is 5. The van der Waals surface area contributed by atoms with Crippen LogP contribution >= 0.6 is 0 Å². The molecule has 0 spiro atoms. The average molecular weight is 332 g/mol. The Kier molecular flexibility index (Phi) is 5.40. The Labute approximate surface area is 142 Å². The van der Waals surface area contributed by atoms with Gasteiger partial charge in [-0.2, -0.15) is 0 Å². The van der Waals surface area contributed by atoms with E-state index in [2.05, 4.69) is 15.6 Å². The molecule has 1 fully saturated rings. The van der Waals surface area contributed by atoms with Crippen molar-refractivity contribution in [1.29, 1.82) is 0 Å². The molecule has 130 valence electrons. The zero-order chi connectivity index (χ0) is 16.8. The van der Waals surface area contributed by atoms with Crippen LogP contribution in [0.25, 0.3) is 0 Å². The predicted molar refractivity (Wildman–Crippen MR) is 91.2 cm³/mol. The van der Waals surface area contributed by atoms with Gasteiger partial charge in [0.1, 0.15) is 0 Å². The van der Waals surface area contributed by atoms with Gasteiger partial charge in [0.15, 0.2) is 17.5 Å². The summed E-state index contributed by atoms with van der Waals surface area (Å²) in [6.07, 6.45) is 2.20. The standard InChI is InChI=1S/C17H24N4O3/c1-2-18-17(20-11-16(22)21-7-3-4-8-21)19-10-13-5-6-14-15(9-13)24-12-23-14/h5-6,9H,2-4,7-8,10-12H2,1H3,(H2,18,19,20). The first-order chi connectivity index (χ1) is 11.8. The summed E-state index contributed by atoms with van der Waals surface area (Å²) >= 11 is 0. The third-order valence-corrected chi connectivity index (χ3v) is 4.07. The Morgan fingerprint density at radius 1 is 1.21 bits per heavy atom. The van der Waals surface area contributed by atoms with Crippen molar-refractivity contribution >= 4 is 11.9 Å². The van der Waals surface area contributed by atoms with Crippen molar-refractivity contribution in [3.8, 4) is 11.5 Å². The number of amides is 1. The third kappa shape index (κ3) is 4.10. The number of guanidine groups is 1. The summed E-state index contributed by atoms with van der Waals surface area (Å²) < 4.78 is 10.7. The number of aliphatic imine (C=N–C) groups is 1. The molecule has 2 aliphatic heterocycles. The average Bonchev–Trinajstić information content (AvgIpc) is 3.27. The molecule has 0 aromatic heterocycles. The molecule has 3 rings (SSSR count). The molecule has 24 heavy (non-hydrogen) atoms. The fraction of sp³-hybridized carbons (Fsp3) is 0.529. The fourth-order valence-corrected chi connectivity index (χ4v) is 2.79. The van der Waals surface area contributed by atoms with E-state index in [1.807, 2.05) is 30.0 Å². The molecule has 0 atom stereocenters. The van der Waals surface area contributed by atoms with E-state index in [9.17, 15) is 4.79 Å². The molecule has 0 saturated carbocycles. The number of fused-ring (bicyclic) bond motifs is 1.